The Morgan fingerprint density at radius 3 is 1.86 bits per heavy atom. The Morgan fingerprint density at radius 2 is 1.19 bits per heavy atom. The summed E-state index contributed by atoms with van der Waals surface area (Å²) in [6.07, 6.45) is 2.10. The zero-order chi connectivity index (χ0) is 24.3. The average molecular weight is 481 g/mol. The van der Waals surface area contributed by atoms with Crippen LogP contribution in [-0.4, -0.2) is 27.6 Å². The lowest BCUT2D eigenvalue weighted by Gasteiger charge is -2.18. The Bertz CT molecular complexity index is 1700. The molecule has 0 bridgehead atoms. The van der Waals surface area contributed by atoms with Crippen LogP contribution in [0, 0.1) is 0 Å². The lowest BCUT2D eigenvalue weighted by atomic mass is 10.0. The third kappa shape index (κ3) is 3.10. The van der Waals surface area contributed by atoms with Gasteiger partial charge in [-0.1, -0.05) is 110 Å². The summed E-state index contributed by atoms with van der Waals surface area (Å²) in [5.74, 6) is 1.97. The normalized spacial score (nSPS) is 13.5. The van der Waals surface area contributed by atoms with Crippen LogP contribution < -0.4 is 10.4 Å². The number of hydrogen-bond donors (Lipinski definition) is 0. The number of fused-ring (bicyclic) bond motifs is 5. The summed E-state index contributed by atoms with van der Waals surface area (Å²) in [6.45, 7) is 4.89. The van der Waals surface area contributed by atoms with Crippen LogP contribution in [0.3, 0.4) is 0 Å². The molecule has 0 radical (unpaired) electrons. The van der Waals surface area contributed by atoms with E-state index in [1.54, 1.807) is 0 Å². The van der Waals surface area contributed by atoms with Crippen LogP contribution in [0.5, 0.6) is 0 Å². The van der Waals surface area contributed by atoms with E-state index in [0.717, 1.165) is 11.1 Å². The van der Waals surface area contributed by atoms with Crippen molar-refractivity contribution >= 4 is 29.4 Å². The number of hydrogen-bond acceptors (Lipinski definition) is 3. The average Bonchev–Trinajstić information content (AvgIpc) is 3.46. The highest BCUT2D eigenvalue weighted by Gasteiger charge is 2.38. The van der Waals surface area contributed by atoms with Crippen molar-refractivity contribution in [2.75, 3.05) is 0 Å². The maximum Gasteiger partial charge on any atom is 0.238 e. The van der Waals surface area contributed by atoms with Crippen molar-refractivity contribution in [2.24, 2.45) is 0 Å². The van der Waals surface area contributed by atoms with E-state index in [-0.39, 0.29) is 0 Å². The first-order valence-electron chi connectivity index (χ1n) is 12.2. The topological polar surface area (TPSA) is 43.6 Å². The molecule has 0 fully saturated rings. The van der Waals surface area contributed by atoms with E-state index < -0.39 is 8.07 Å². The molecular weight excluding hydrogens is 456 g/mol. The lowest BCUT2D eigenvalue weighted by molar-refractivity contribution is 0.934. The molecule has 4 nitrogen and oxygen atoms in total. The van der Waals surface area contributed by atoms with Gasteiger partial charge in [-0.15, -0.1) is 0 Å². The van der Waals surface area contributed by atoms with Crippen molar-refractivity contribution in [1.29, 1.82) is 0 Å². The number of rotatable bonds is 3. The van der Waals surface area contributed by atoms with Crippen molar-refractivity contribution in [3.8, 4) is 39.9 Å². The molecule has 0 unspecified atom stereocenters. The molecule has 6 aromatic rings. The molecule has 4 aromatic carbocycles. The fourth-order valence-electron chi connectivity index (χ4n) is 5.49. The van der Waals surface area contributed by atoms with Gasteiger partial charge >= 0.3 is 0 Å². The predicted molar refractivity (Wildman–Crippen MR) is 150 cm³/mol. The summed E-state index contributed by atoms with van der Waals surface area (Å²) in [7, 11) is -1.79. The van der Waals surface area contributed by atoms with Gasteiger partial charge in [-0.2, -0.15) is 9.97 Å². The maximum absolute atomic E-state index is 4.99. The molecule has 0 amide bonds. The van der Waals surface area contributed by atoms with Crippen molar-refractivity contribution in [1.82, 2.24) is 19.5 Å². The summed E-state index contributed by atoms with van der Waals surface area (Å²) in [5.41, 5.74) is 5.78. The first kappa shape index (κ1) is 21.0. The zero-order valence-corrected chi connectivity index (χ0v) is 21.2. The Labute approximate surface area is 211 Å². The highest BCUT2D eigenvalue weighted by atomic mass is 28.3. The number of aromatic nitrogens is 4. The predicted octanol–water partition coefficient (Wildman–Crippen LogP) is 5.95. The van der Waals surface area contributed by atoms with E-state index in [9.17, 15) is 0 Å². The Hall–Kier alpha value is -4.35. The molecule has 0 saturated heterocycles. The van der Waals surface area contributed by atoms with Crippen LogP contribution in [-0.2, 0) is 0 Å². The van der Waals surface area contributed by atoms with Crippen LogP contribution in [0.2, 0.25) is 13.1 Å². The molecular formula is C31H24N4Si. The van der Waals surface area contributed by atoms with E-state index in [1.807, 2.05) is 60.7 Å². The van der Waals surface area contributed by atoms with Crippen LogP contribution in [0.15, 0.2) is 109 Å². The quantitative estimate of drug-likeness (QED) is 0.294. The summed E-state index contributed by atoms with van der Waals surface area (Å²) in [5, 5.41) is 4.15. The molecule has 2 aromatic heterocycles. The van der Waals surface area contributed by atoms with Gasteiger partial charge in [0.25, 0.3) is 0 Å². The molecule has 0 atom stereocenters. The van der Waals surface area contributed by atoms with Crippen LogP contribution >= 0.6 is 0 Å². The van der Waals surface area contributed by atoms with Gasteiger partial charge < -0.3 is 0 Å². The maximum atomic E-state index is 4.99. The molecule has 0 N–H and O–H groups in total. The Balaban J connectivity index is 1.53. The highest BCUT2D eigenvalue weighted by Crippen LogP contribution is 2.36. The largest absolute Gasteiger partial charge is 0.285 e. The smallest absolute Gasteiger partial charge is 0.238 e. The molecule has 0 saturated carbocycles. The number of nitrogens with zero attached hydrogens (tertiary/aromatic N) is 4. The fraction of sp³-hybridized carbons (Fsp3) is 0.0645. The monoisotopic (exact) mass is 480 g/mol. The highest BCUT2D eigenvalue weighted by molar-refractivity contribution is 7.04. The zero-order valence-electron chi connectivity index (χ0n) is 20.2. The van der Waals surface area contributed by atoms with Gasteiger partial charge in [-0.25, -0.2) is 4.98 Å². The van der Waals surface area contributed by atoms with E-state index in [4.69, 9.17) is 15.0 Å². The molecule has 1 aliphatic rings. The first-order valence-corrected chi connectivity index (χ1v) is 15.2. The van der Waals surface area contributed by atoms with Crippen molar-refractivity contribution < 1.29 is 0 Å². The summed E-state index contributed by atoms with van der Waals surface area (Å²) < 4.78 is 2.15. The van der Waals surface area contributed by atoms with Gasteiger partial charge in [0, 0.05) is 28.3 Å². The second-order valence-corrected chi connectivity index (χ2v) is 14.1. The molecule has 0 spiro atoms. The molecule has 172 valence electrons. The van der Waals surface area contributed by atoms with Crippen molar-refractivity contribution in [3.63, 3.8) is 0 Å². The van der Waals surface area contributed by atoms with E-state index in [1.165, 1.54) is 32.4 Å². The Kier molecular flexibility index (Phi) is 4.56. The third-order valence-corrected chi connectivity index (χ3v) is 10.8. The van der Waals surface area contributed by atoms with Crippen LogP contribution in [0.1, 0.15) is 0 Å². The van der Waals surface area contributed by atoms with Gasteiger partial charge in [-0.3, -0.25) is 4.57 Å². The minimum Gasteiger partial charge on any atom is -0.285 e. The van der Waals surface area contributed by atoms with E-state index in [2.05, 4.69) is 66.3 Å². The van der Waals surface area contributed by atoms with Gasteiger partial charge in [0.15, 0.2) is 11.6 Å². The Morgan fingerprint density at radius 1 is 0.583 bits per heavy atom. The molecule has 36 heavy (non-hydrogen) atoms. The van der Waals surface area contributed by atoms with Crippen LogP contribution in [0.25, 0.3) is 50.8 Å². The molecule has 1 aliphatic heterocycles. The van der Waals surface area contributed by atoms with E-state index in [0.29, 0.717) is 17.6 Å². The van der Waals surface area contributed by atoms with Gasteiger partial charge in [-0.05, 0) is 22.0 Å². The third-order valence-electron chi connectivity index (χ3n) is 7.30. The van der Waals surface area contributed by atoms with Crippen molar-refractivity contribution in [3.05, 3.63) is 109 Å². The SMILES string of the molecule is C[Si]1(C)c2ccccc2-c2c1ccc1ccn(-c3nc(-c4ccccc4)nc(-c4ccccc4)n3)c21. The number of benzene rings is 4. The molecule has 3 heterocycles. The molecule has 0 aliphatic carbocycles. The summed E-state index contributed by atoms with van der Waals surface area (Å²) in [4.78, 5) is 14.8. The van der Waals surface area contributed by atoms with E-state index >= 15 is 0 Å². The first-order chi connectivity index (χ1) is 17.6. The molecule has 7 rings (SSSR count). The lowest BCUT2D eigenvalue weighted by Crippen LogP contribution is -2.49. The standard InChI is InChI=1S/C31H24N4Si/c1-36(2)25-16-10-9-15-24(25)27-26(36)18-17-21-19-20-35(28(21)27)31-33-29(22-11-5-3-6-12-22)32-30(34-31)23-13-7-4-8-14-23/h3-20H,1-2H3. The van der Waals surface area contributed by atoms with Gasteiger partial charge in [0.2, 0.25) is 5.95 Å². The van der Waals surface area contributed by atoms with Gasteiger partial charge in [0.05, 0.1) is 5.52 Å². The minimum atomic E-state index is -1.79. The van der Waals surface area contributed by atoms with Crippen LogP contribution in [0.4, 0.5) is 0 Å². The fourth-order valence-corrected chi connectivity index (χ4v) is 8.55. The minimum absolute atomic E-state index is 0.634. The summed E-state index contributed by atoms with van der Waals surface area (Å²) >= 11 is 0. The summed E-state index contributed by atoms with van der Waals surface area (Å²) in [6, 6.07) is 35.9. The van der Waals surface area contributed by atoms with Gasteiger partial charge in [0.1, 0.15) is 8.07 Å². The van der Waals surface area contributed by atoms with Crippen molar-refractivity contribution in [2.45, 2.75) is 13.1 Å². The second kappa shape index (κ2) is 7.83. The molecule has 5 heteroatoms. The second-order valence-electron chi connectivity index (χ2n) is 9.80.